The van der Waals surface area contributed by atoms with E-state index in [4.69, 9.17) is 9.84 Å². The highest BCUT2D eigenvalue weighted by Crippen LogP contribution is 2.44. The Kier molecular flexibility index (Phi) is 6.96. The number of carbonyl (C=O) groups is 3. The van der Waals surface area contributed by atoms with Crippen LogP contribution in [0.5, 0.6) is 0 Å². The van der Waals surface area contributed by atoms with Crippen molar-refractivity contribution in [2.45, 2.75) is 44.1 Å². The molecule has 7 nitrogen and oxygen atoms in total. The second-order valence-electron chi connectivity index (χ2n) is 8.95. The number of aliphatic carboxylic acids is 1. The summed E-state index contributed by atoms with van der Waals surface area (Å²) in [5.74, 6) is -0.844. The number of fused-ring (bicyclic) bond motifs is 3. The Morgan fingerprint density at radius 2 is 1.61 bits per heavy atom. The van der Waals surface area contributed by atoms with Gasteiger partial charge in [0, 0.05) is 37.9 Å². The number of alkyl carbamates (subject to hydrolysis) is 1. The molecule has 2 aliphatic rings. The lowest BCUT2D eigenvalue weighted by molar-refractivity contribution is -0.137. The number of ether oxygens (including phenoxy) is 1. The van der Waals surface area contributed by atoms with Gasteiger partial charge in [-0.15, -0.1) is 0 Å². The second kappa shape index (κ2) is 10.1. The molecule has 0 atom stereocenters. The minimum atomic E-state index is -0.815. The SMILES string of the molecule is CN(CCCCC(=O)O)C(=O)C1CC(NC(=O)OCC2c3ccccc3-c3ccccc32)C1. The summed E-state index contributed by atoms with van der Waals surface area (Å²) < 4.78 is 5.58. The number of rotatable bonds is 9. The van der Waals surface area contributed by atoms with Crippen LogP contribution < -0.4 is 5.32 Å². The Morgan fingerprint density at radius 3 is 2.21 bits per heavy atom. The van der Waals surface area contributed by atoms with Gasteiger partial charge in [0.25, 0.3) is 0 Å². The summed E-state index contributed by atoms with van der Waals surface area (Å²) in [7, 11) is 1.75. The normalized spacial score (nSPS) is 18.6. The molecule has 0 bridgehead atoms. The number of carbonyl (C=O) groups excluding carboxylic acids is 2. The Balaban J connectivity index is 1.21. The summed E-state index contributed by atoms with van der Waals surface area (Å²) >= 11 is 0. The topological polar surface area (TPSA) is 95.9 Å². The molecule has 0 aromatic heterocycles. The molecule has 4 rings (SSSR count). The minimum Gasteiger partial charge on any atom is -0.481 e. The Morgan fingerprint density at radius 1 is 1.00 bits per heavy atom. The molecule has 0 spiro atoms. The molecule has 2 amide bonds. The van der Waals surface area contributed by atoms with Crippen molar-refractivity contribution in [2.75, 3.05) is 20.2 Å². The lowest BCUT2D eigenvalue weighted by Crippen LogP contribution is -2.50. The van der Waals surface area contributed by atoms with Gasteiger partial charge in [-0.25, -0.2) is 4.79 Å². The van der Waals surface area contributed by atoms with Gasteiger partial charge in [0.1, 0.15) is 6.61 Å². The summed E-state index contributed by atoms with van der Waals surface area (Å²) in [4.78, 5) is 37.1. The van der Waals surface area contributed by atoms with Gasteiger partial charge in [-0.1, -0.05) is 48.5 Å². The number of hydrogen-bond acceptors (Lipinski definition) is 4. The first kappa shape index (κ1) is 22.8. The van der Waals surface area contributed by atoms with Crippen LogP contribution in [-0.4, -0.2) is 54.2 Å². The molecule has 1 saturated carbocycles. The van der Waals surface area contributed by atoms with E-state index in [-0.39, 0.29) is 36.8 Å². The molecule has 33 heavy (non-hydrogen) atoms. The molecular formula is C26H30N2O5. The van der Waals surface area contributed by atoms with Gasteiger partial charge in [0.2, 0.25) is 5.91 Å². The summed E-state index contributed by atoms with van der Waals surface area (Å²) in [6.45, 7) is 0.821. The van der Waals surface area contributed by atoms with Crippen molar-refractivity contribution in [3.05, 3.63) is 59.7 Å². The molecule has 2 aromatic carbocycles. The maximum absolute atomic E-state index is 12.5. The minimum absolute atomic E-state index is 0.0219. The standard InChI is InChI=1S/C26H30N2O5/c1-28(13-7-6-12-24(29)30)25(31)17-14-18(15-17)27-26(32)33-16-23-21-10-4-2-8-19(21)20-9-3-5-11-22(20)23/h2-5,8-11,17-18,23H,6-7,12-16H2,1H3,(H,27,32)(H,29,30). The van der Waals surface area contributed by atoms with Crippen LogP contribution in [0.2, 0.25) is 0 Å². The van der Waals surface area contributed by atoms with Crippen LogP contribution in [-0.2, 0) is 14.3 Å². The van der Waals surface area contributed by atoms with Crippen LogP contribution >= 0.6 is 0 Å². The molecule has 0 aliphatic heterocycles. The van der Waals surface area contributed by atoms with E-state index in [1.165, 1.54) is 22.3 Å². The molecule has 0 heterocycles. The van der Waals surface area contributed by atoms with E-state index in [2.05, 4.69) is 29.6 Å². The van der Waals surface area contributed by atoms with Crippen LogP contribution in [0.3, 0.4) is 0 Å². The van der Waals surface area contributed by atoms with Crippen LogP contribution in [0.25, 0.3) is 11.1 Å². The number of unbranched alkanes of at least 4 members (excludes halogenated alkanes) is 1. The van der Waals surface area contributed by atoms with E-state index in [0.717, 1.165) is 0 Å². The van der Waals surface area contributed by atoms with Crippen LogP contribution in [0, 0.1) is 5.92 Å². The van der Waals surface area contributed by atoms with Crippen molar-refractivity contribution in [3.63, 3.8) is 0 Å². The zero-order valence-corrected chi connectivity index (χ0v) is 18.8. The van der Waals surface area contributed by atoms with E-state index in [0.29, 0.717) is 32.2 Å². The summed E-state index contributed by atoms with van der Waals surface area (Å²) in [6, 6.07) is 16.4. The van der Waals surface area contributed by atoms with Crippen molar-refractivity contribution >= 4 is 18.0 Å². The number of carboxylic acid groups (broad SMARTS) is 1. The highest BCUT2D eigenvalue weighted by molar-refractivity contribution is 5.80. The largest absolute Gasteiger partial charge is 0.481 e. The molecule has 0 saturated heterocycles. The van der Waals surface area contributed by atoms with Gasteiger partial charge in [-0.05, 0) is 47.9 Å². The van der Waals surface area contributed by atoms with Gasteiger partial charge >= 0.3 is 12.1 Å². The maximum atomic E-state index is 12.5. The van der Waals surface area contributed by atoms with E-state index in [9.17, 15) is 14.4 Å². The van der Waals surface area contributed by atoms with Gasteiger partial charge in [-0.3, -0.25) is 9.59 Å². The van der Waals surface area contributed by atoms with Crippen molar-refractivity contribution in [1.29, 1.82) is 0 Å². The number of nitrogens with zero attached hydrogens (tertiary/aromatic N) is 1. The third-order valence-corrected chi connectivity index (χ3v) is 6.66. The van der Waals surface area contributed by atoms with Crippen LogP contribution in [0.15, 0.2) is 48.5 Å². The van der Waals surface area contributed by atoms with E-state index < -0.39 is 12.1 Å². The van der Waals surface area contributed by atoms with Gasteiger partial charge in [0.15, 0.2) is 0 Å². The predicted octanol–water partition coefficient (Wildman–Crippen LogP) is 4.02. The number of nitrogens with one attached hydrogen (secondary N) is 1. The first-order valence-electron chi connectivity index (χ1n) is 11.5. The smallest absolute Gasteiger partial charge is 0.407 e. The molecule has 2 N–H and O–H groups in total. The fourth-order valence-corrected chi connectivity index (χ4v) is 4.79. The maximum Gasteiger partial charge on any atom is 0.407 e. The molecule has 2 aromatic rings. The van der Waals surface area contributed by atoms with Crippen molar-refractivity contribution < 1.29 is 24.2 Å². The Hall–Kier alpha value is -3.35. The van der Waals surface area contributed by atoms with Gasteiger partial charge < -0.3 is 20.1 Å². The highest BCUT2D eigenvalue weighted by atomic mass is 16.5. The van der Waals surface area contributed by atoms with E-state index >= 15 is 0 Å². The van der Waals surface area contributed by atoms with E-state index in [1.807, 2.05) is 24.3 Å². The van der Waals surface area contributed by atoms with E-state index in [1.54, 1.807) is 11.9 Å². The predicted molar refractivity (Wildman–Crippen MR) is 124 cm³/mol. The zero-order valence-electron chi connectivity index (χ0n) is 18.8. The van der Waals surface area contributed by atoms with Gasteiger partial charge in [0.05, 0.1) is 0 Å². The number of carboxylic acids is 1. The fourth-order valence-electron chi connectivity index (χ4n) is 4.79. The van der Waals surface area contributed by atoms with Crippen molar-refractivity contribution in [1.82, 2.24) is 10.2 Å². The first-order valence-corrected chi connectivity index (χ1v) is 11.5. The summed E-state index contributed by atoms with van der Waals surface area (Å²) in [5.41, 5.74) is 4.73. The van der Waals surface area contributed by atoms with Gasteiger partial charge in [-0.2, -0.15) is 0 Å². The second-order valence-corrected chi connectivity index (χ2v) is 8.95. The molecule has 7 heteroatoms. The van der Waals surface area contributed by atoms with Crippen LogP contribution in [0.4, 0.5) is 4.79 Å². The Labute approximate surface area is 193 Å². The molecular weight excluding hydrogens is 420 g/mol. The lowest BCUT2D eigenvalue weighted by atomic mass is 9.79. The first-order chi connectivity index (χ1) is 15.9. The number of hydrogen-bond donors (Lipinski definition) is 2. The fraction of sp³-hybridized carbons (Fsp3) is 0.423. The van der Waals surface area contributed by atoms with Crippen LogP contribution in [0.1, 0.15) is 49.1 Å². The average Bonchev–Trinajstić information content (AvgIpc) is 3.10. The third-order valence-electron chi connectivity index (χ3n) is 6.66. The third kappa shape index (κ3) is 5.18. The summed E-state index contributed by atoms with van der Waals surface area (Å²) in [5, 5.41) is 11.6. The molecule has 1 fully saturated rings. The Bertz CT molecular complexity index is 985. The van der Waals surface area contributed by atoms with Crippen molar-refractivity contribution in [3.8, 4) is 11.1 Å². The average molecular weight is 451 g/mol. The molecule has 0 radical (unpaired) electrons. The highest BCUT2D eigenvalue weighted by Gasteiger charge is 2.37. The summed E-state index contributed by atoms with van der Waals surface area (Å²) in [6.07, 6.45) is 2.10. The monoisotopic (exact) mass is 450 g/mol. The molecule has 174 valence electrons. The van der Waals surface area contributed by atoms with Crippen molar-refractivity contribution in [2.24, 2.45) is 5.92 Å². The number of benzene rings is 2. The quantitative estimate of drug-likeness (QED) is 0.563. The lowest BCUT2D eigenvalue weighted by Gasteiger charge is -2.36. The zero-order chi connectivity index (χ0) is 23.4. The molecule has 0 unspecified atom stereocenters. The molecule has 2 aliphatic carbocycles. The number of amides is 2.